The molecule has 0 bridgehead atoms. The summed E-state index contributed by atoms with van der Waals surface area (Å²) in [4.78, 5) is 285. The van der Waals surface area contributed by atoms with Gasteiger partial charge in [-0.25, -0.2) is 0 Å². The minimum absolute atomic E-state index is 0.0464. The fourth-order valence-corrected chi connectivity index (χ4v) is 17.2. The molecular weight excluding hydrogens is 1750 g/mol. The van der Waals surface area contributed by atoms with Crippen molar-refractivity contribution in [2.75, 3.05) is 58.9 Å². The number of unbranched alkanes of at least 4 members (excludes halogenated alkanes) is 2. The summed E-state index contributed by atoms with van der Waals surface area (Å²) in [6, 6.07) is -3.50. The van der Waals surface area contributed by atoms with Gasteiger partial charge in [-0.15, -0.1) is 11.8 Å². The van der Waals surface area contributed by atoms with Crippen LogP contribution in [0.15, 0.2) is 85.2 Å². The van der Waals surface area contributed by atoms with Crippen molar-refractivity contribution in [3.05, 3.63) is 102 Å². The number of para-hydroxylation sites is 2. The Morgan fingerprint density at radius 3 is 1.61 bits per heavy atom. The second kappa shape index (κ2) is 49.8. The van der Waals surface area contributed by atoms with E-state index < -0.39 is 279 Å². The summed E-state index contributed by atoms with van der Waals surface area (Å²) >= 11 is 0.696. The number of nitrogens with zero attached hydrogens (tertiary/aromatic N) is 5. The first-order valence-electron chi connectivity index (χ1n) is 44.4. The van der Waals surface area contributed by atoms with Gasteiger partial charge in [-0.3, -0.25) is 91.1 Å². The maximum Gasteiger partial charge on any atom is 0.303 e. The van der Waals surface area contributed by atoms with Gasteiger partial charge < -0.3 is 125 Å². The third kappa shape index (κ3) is 29.6. The van der Waals surface area contributed by atoms with Crippen LogP contribution >= 0.6 is 11.8 Å². The van der Waals surface area contributed by atoms with E-state index in [0.717, 1.165) is 24.5 Å². The molecule has 3 aliphatic rings. The number of fused-ring (bicyclic) bond motifs is 4. The van der Waals surface area contributed by atoms with Crippen molar-refractivity contribution in [2.45, 2.75) is 241 Å². The minimum atomic E-state index is -1.88. The lowest BCUT2D eigenvalue weighted by Gasteiger charge is -2.36. The molecule has 3 aromatic carbocycles. The molecule has 43 nitrogen and oxygen atoms in total. The highest BCUT2D eigenvalue weighted by Crippen LogP contribution is 2.28. The number of hydrogen-bond acceptors (Lipinski definition) is 23. The number of phenols is 1. The van der Waals surface area contributed by atoms with Crippen LogP contribution in [0, 0.1) is 5.92 Å². The molecule has 3 aliphatic heterocycles. The number of H-pyrrole nitrogens is 2. The number of nitrogens with one attached hydrogen (secondary N) is 12. The van der Waals surface area contributed by atoms with E-state index in [0.29, 0.717) is 69.5 Å². The van der Waals surface area contributed by atoms with Gasteiger partial charge >= 0.3 is 5.97 Å². The SMILES string of the molecule is CCCC[C@H]1C(=O)N(C)[C@@H](CCCC)C(=O)N[C@@H](CCC(=O)O)C(=O)N[C@H](C(=O)NCC(N)=O)CSCC(=O)N[C@@H](Cc2ccc(O)cc2)C(=O)N(C)[C@@H](C)C(=O)N[C@H](CC(N)=O)C(=O)N2CCC[C@H]2C(=O)N[C@@H](CC(N)=O)C(=O)N[C@@H](CC(C)C)C(=O)N2C[C@H](O)C[C@H]2C(=O)N[C@@H](Cc2c[nH]c3ccccc23)C(=O)N[C@@H](CCO)C(=O)N[C@@H](Cc2c[nH]c3ccccc23)C(=O)N1C. The number of carbonyl (C=O) groups is 19. The van der Waals surface area contributed by atoms with Crippen LogP contribution in [0.4, 0.5) is 0 Å². The fraction of sp³-hybridized carbons (Fsp3) is 0.539. The second-order valence-electron chi connectivity index (χ2n) is 34.1. The molecule has 3 saturated heterocycles. The number of benzene rings is 3. The Bertz CT molecular complexity index is 5050. The van der Waals surface area contributed by atoms with Crippen LogP contribution in [-0.4, -0.2) is 317 Å². The van der Waals surface area contributed by atoms with Crippen LogP contribution in [0.3, 0.4) is 0 Å². The van der Waals surface area contributed by atoms with Crippen molar-refractivity contribution in [3.63, 3.8) is 0 Å². The summed E-state index contributed by atoms with van der Waals surface area (Å²) in [5.41, 5.74) is 19.3. The number of carboxylic acids is 1. The molecule has 3 fully saturated rings. The second-order valence-corrected chi connectivity index (χ2v) is 35.2. The molecule has 8 rings (SSSR count). The largest absolute Gasteiger partial charge is 0.508 e. The van der Waals surface area contributed by atoms with Gasteiger partial charge in [0.1, 0.15) is 90.3 Å². The number of aromatic nitrogens is 2. The van der Waals surface area contributed by atoms with Crippen molar-refractivity contribution in [3.8, 4) is 5.75 Å². The summed E-state index contributed by atoms with van der Waals surface area (Å²) in [5, 5.41) is 69.2. The van der Waals surface area contributed by atoms with Crippen molar-refractivity contribution in [2.24, 2.45) is 23.1 Å². The monoisotopic (exact) mass is 1870 g/mol. The number of hydrogen-bond donors (Lipinski definition) is 19. The fourth-order valence-electron chi connectivity index (χ4n) is 16.3. The predicted octanol–water partition coefficient (Wildman–Crippen LogP) is -3.03. The van der Waals surface area contributed by atoms with E-state index in [1.807, 2.05) is 6.92 Å². The number of aliphatic carboxylic acids is 1. The van der Waals surface area contributed by atoms with Crippen molar-refractivity contribution >= 4 is 146 Å². The highest BCUT2D eigenvalue weighted by molar-refractivity contribution is 8.00. The number of thioether (sulfide) groups is 1. The first kappa shape index (κ1) is 105. The van der Waals surface area contributed by atoms with Crippen LogP contribution in [0.1, 0.15) is 148 Å². The molecule has 44 heteroatoms. The quantitative estimate of drug-likeness (QED) is 0.0262. The highest BCUT2D eigenvalue weighted by Gasteiger charge is 2.47. The summed E-state index contributed by atoms with van der Waals surface area (Å²) in [6.07, 6.45) is -2.07. The molecule has 15 atom stereocenters. The smallest absolute Gasteiger partial charge is 0.303 e. The minimum Gasteiger partial charge on any atom is -0.508 e. The molecule has 0 aliphatic carbocycles. The third-order valence-corrected chi connectivity index (χ3v) is 24.7. The van der Waals surface area contributed by atoms with Gasteiger partial charge in [-0.05, 0) is 98.7 Å². The van der Waals surface area contributed by atoms with E-state index in [9.17, 15) is 78.0 Å². The Balaban J connectivity index is 1.20. The molecule has 133 heavy (non-hydrogen) atoms. The summed E-state index contributed by atoms with van der Waals surface area (Å²) in [6.45, 7) is 5.98. The Hall–Kier alpha value is -13.3. The molecule has 724 valence electrons. The van der Waals surface area contributed by atoms with Gasteiger partial charge in [0.25, 0.3) is 0 Å². The number of aliphatic hydroxyl groups excluding tert-OH is 2. The van der Waals surface area contributed by atoms with Crippen molar-refractivity contribution in [1.82, 2.24) is 87.6 Å². The molecule has 0 radical (unpaired) electrons. The van der Waals surface area contributed by atoms with E-state index in [2.05, 4.69) is 63.1 Å². The molecule has 22 N–H and O–H groups in total. The van der Waals surface area contributed by atoms with E-state index in [-0.39, 0.29) is 70.1 Å². The van der Waals surface area contributed by atoms with Crippen LogP contribution in [0.5, 0.6) is 5.75 Å². The average Bonchev–Trinajstić information content (AvgIpc) is 1.75. The predicted molar refractivity (Wildman–Crippen MR) is 484 cm³/mol. The Kier molecular flexibility index (Phi) is 39.4. The first-order valence-corrected chi connectivity index (χ1v) is 45.5. The number of amides is 18. The summed E-state index contributed by atoms with van der Waals surface area (Å²) in [5.74, 6) is -21.5. The van der Waals surface area contributed by atoms with Crippen molar-refractivity contribution < 1.29 is 112 Å². The lowest BCUT2D eigenvalue weighted by atomic mass is 9.99. The molecule has 2 aromatic heterocycles. The lowest BCUT2D eigenvalue weighted by molar-refractivity contribution is -0.149. The molecule has 5 aromatic rings. The zero-order valence-corrected chi connectivity index (χ0v) is 76.5. The molecule has 0 spiro atoms. The van der Waals surface area contributed by atoms with Gasteiger partial charge in [0.2, 0.25) is 106 Å². The number of aromatic amines is 2. The van der Waals surface area contributed by atoms with Gasteiger partial charge in [0.05, 0.1) is 31.2 Å². The summed E-state index contributed by atoms with van der Waals surface area (Å²) in [7, 11) is 3.78. The number of primary amides is 3. The van der Waals surface area contributed by atoms with E-state index >= 15 is 33.6 Å². The number of carbonyl (C=O) groups excluding carboxylic acids is 18. The van der Waals surface area contributed by atoms with Crippen LogP contribution in [0.2, 0.25) is 0 Å². The number of aliphatic hydroxyl groups is 2. The average molecular weight is 1870 g/mol. The maximum atomic E-state index is 15.8. The van der Waals surface area contributed by atoms with E-state index in [1.54, 1.807) is 81.7 Å². The topological polar surface area (TPSA) is 651 Å². The van der Waals surface area contributed by atoms with Gasteiger partial charge in [-0.1, -0.05) is 102 Å². The van der Waals surface area contributed by atoms with Crippen LogP contribution in [0.25, 0.3) is 21.8 Å². The van der Waals surface area contributed by atoms with Gasteiger partial charge in [0, 0.05) is 113 Å². The molecule has 18 amide bonds. The molecule has 0 saturated carbocycles. The highest BCUT2D eigenvalue weighted by atomic mass is 32.2. The van der Waals surface area contributed by atoms with E-state index in [1.165, 1.54) is 52.3 Å². The van der Waals surface area contributed by atoms with Crippen LogP contribution in [-0.2, 0) is 110 Å². The summed E-state index contributed by atoms with van der Waals surface area (Å²) < 4.78 is 0. The van der Waals surface area contributed by atoms with E-state index in [4.69, 9.17) is 17.2 Å². The maximum absolute atomic E-state index is 15.8. The first-order chi connectivity index (χ1) is 63.1. The number of aromatic hydroxyl groups is 1. The zero-order chi connectivity index (χ0) is 97.8. The molecule has 5 heterocycles. The number of carboxylic acid groups (broad SMARTS) is 1. The standard InChI is InChI=1S/C89H124N20O23S/c1-9-11-22-67-82(125)98-58(29-30-75(117)118)78(121)104-66(77(120)95-43-73(92)115)45-133-46-74(116)96-63(35-49-25-27-52(111)28-26-49)85(128)105(6)48(5)76(119)101-65(40-72(91)114)87(130)108-32-17-24-68(108)83(126)100-61(39-71(90)113)81(124)102-62(34-47(3)4)88(131)109-44-53(112)38-70(109)84(127)99-60(36-50-41-93-56-20-15-13-18-54(50)56)80(123)97-59(31-33-110)79(122)103-64(37-51-42-94-57-21-16-14-19-55(51)57)86(129)107(8)69(23-12-10-2)89(132)106(67)7/h13-16,18-21,25-28,41-42,47-48,53,58-70,93-94,110-112H,9-12,17,22-24,29-40,43-46H2,1-8H3,(H2,90,113)(H2,91,114)(H2,92,115)(H,95,120)(H,96,116)(H,97,123)(H,98,125)(H,99,127)(H,100,126)(H,101,119)(H,102,124)(H,103,122)(H,104,121)(H,117,118)/t48-,53+,58-,59-,60-,61-,62-,63-,64-,65+,66-,67-,68-,69-,70-/m0/s1. The Morgan fingerprint density at radius 1 is 0.519 bits per heavy atom. The number of phenolic OH excluding ortho intramolecular Hbond substituents is 1. The number of likely N-dealkylation sites (N-methyl/N-ethyl adjacent to an activating group) is 3. The zero-order valence-electron chi connectivity index (χ0n) is 75.7. The lowest BCUT2D eigenvalue weighted by Crippen LogP contribution is -2.61. The van der Waals surface area contributed by atoms with Gasteiger partial charge in [-0.2, -0.15) is 0 Å². The molecular formula is C89H124N20O23S. The number of rotatable bonds is 26. The number of nitrogens with two attached hydrogens (primary N) is 3. The Labute approximate surface area is 771 Å². The van der Waals surface area contributed by atoms with Gasteiger partial charge in [0.15, 0.2) is 0 Å². The third-order valence-electron chi connectivity index (χ3n) is 23.6. The normalized spacial score (nSPS) is 25.0. The van der Waals surface area contributed by atoms with Crippen LogP contribution < -0.4 is 70.4 Å². The van der Waals surface area contributed by atoms with Crippen molar-refractivity contribution in [1.29, 1.82) is 0 Å². The Morgan fingerprint density at radius 2 is 1.02 bits per heavy atom. The molecule has 0 unspecified atom stereocenters.